The van der Waals surface area contributed by atoms with Crippen LogP contribution in [0.25, 0.3) is 0 Å². The van der Waals surface area contributed by atoms with Crippen molar-refractivity contribution in [2.75, 3.05) is 7.05 Å². The molecule has 0 amide bonds. The molecule has 0 saturated carbocycles. The standard InChI is InChI=1S/C16H20N2.CH5N/c1-6-12-7-13(15(2,3)10-17)9-14(8-12)16(4,5)11-18;1-2/h7-9H,6H2,1-5H3;2H2,1H3. The molecule has 0 aliphatic rings. The Morgan fingerprint density at radius 1 is 0.900 bits per heavy atom. The van der Waals surface area contributed by atoms with Gasteiger partial charge in [-0.2, -0.15) is 10.5 Å². The molecular weight excluding hydrogens is 246 g/mol. The van der Waals surface area contributed by atoms with Gasteiger partial charge < -0.3 is 5.73 Å². The summed E-state index contributed by atoms with van der Waals surface area (Å²) in [5.74, 6) is 0. The van der Waals surface area contributed by atoms with E-state index >= 15 is 0 Å². The number of nitrogens with zero attached hydrogens (tertiary/aromatic N) is 2. The average Bonchev–Trinajstić information content (AvgIpc) is 2.48. The molecule has 1 rings (SSSR count). The lowest BCUT2D eigenvalue weighted by Crippen LogP contribution is -2.19. The van der Waals surface area contributed by atoms with Gasteiger partial charge in [-0.1, -0.05) is 25.1 Å². The molecule has 0 spiro atoms. The van der Waals surface area contributed by atoms with Crippen molar-refractivity contribution in [2.24, 2.45) is 5.73 Å². The normalized spacial score (nSPS) is 10.8. The van der Waals surface area contributed by atoms with Crippen LogP contribution >= 0.6 is 0 Å². The van der Waals surface area contributed by atoms with Crippen LogP contribution in [0.15, 0.2) is 18.2 Å². The van der Waals surface area contributed by atoms with Gasteiger partial charge in [0.1, 0.15) is 0 Å². The lowest BCUT2D eigenvalue weighted by atomic mass is 9.79. The van der Waals surface area contributed by atoms with Crippen molar-refractivity contribution in [3.8, 4) is 12.1 Å². The monoisotopic (exact) mass is 271 g/mol. The molecule has 0 heterocycles. The number of nitrogens with two attached hydrogens (primary N) is 1. The van der Waals surface area contributed by atoms with Crippen molar-refractivity contribution in [1.82, 2.24) is 0 Å². The molecule has 20 heavy (non-hydrogen) atoms. The Labute approximate surface area is 123 Å². The summed E-state index contributed by atoms with van der Waals surface area (Å²) in [7, 11) is 1.50. The second kappa shape index (κ2) is 7.08. The molecule has 108 valence electrons. The van der Waals surface area contributed by atoms with E-state index < -0.39 is 10.8 Å². The zero-order chi connectivity index (χ0) is 16.0. The fourth-order valence-electron chi connectivity index (χ4n) is 1.75. The highest BCUT2D eigenvalue weighted by molar-refractivity contribution is 5.42. The molecule has 3 nitrogen and oxygen atoms in total. The van der Waals surface area contributed by atoms with E-state index in [-0.39, 0.29) is 0 Å². The second-order valence-electron chi connectivity index (χ2n) is 5.75. The van der Waals surface area contributed by atoms with Gasteiger partial charge in [-0.05, 0) is 57.9 Å². The van der Waals surface area contributed by atoms with Crippen LogP contribution in [0.2, 0.25) is 0 Å². The Kier molecular flexibility index (Phi) is 6.43. The smallest absolute Gasteiger partial charge is 0.0766 e. The van der Waals surface area contributed by atoms with Crippen LogP contribution in [-0.2, 0) is 17.3 Å². The van der Waals surface area contributed by atoms with Gasteiger partial charge in [0.2, 0.25) is 0 Å². The molecule has 0 aliphatic heterocycles. The van der Waals surface area contributed by atoms with Gasteiger partial charge in [0.05, 0.1) is 23.0 Å². The lowest BCUT2D eigenvalue weighted by molar-refractivity contribution is 0.659. The molecule has 3 heteroatoms. The largest absolute Gasteiger partial charge is 0.333 e. The molecule has 1 aromatic rings. The van der Waals surface area contributed by atoms with Gasteiger partial charge in [-0.3, -0.25) is 0 Å². The summed E-state index contributed by atoms with van der Waals surface area (Å²) in [6.07, 6.45) is 0.907. The van der Waals surface area contributed by atoms with Crippen molar-refractivity contribution in [3.05, 3.63) is 34.9 Å². The van der Waals surface area contributed by atoms with Crippen molar-refractivity contribution in [1.29, 1.82) is 10.5 Å². The maximum atomic E-state index is 9.25. The quantitative estimate of drug-likeness (QED) is 0.915. The Morgan fingerprint density at radius 2 is 1.25 bits per heavy atom. The van der Waals surface area contributed by atoms with Crippen LogP contribution in [0, 0.1) is 22.7 Å². The first-order valence-corrected chi connectivity index (χ1v) is 6.82. The van der Waals surface area contributed by atoms with Gasteiger partial charge in [0.15, 0.2) is 0 Å². The van der Waals surface area contributed by atoms with Crippen molar-refractivity contribution >= 4 is 0 Å². The Hall–Kier alpha value is -1.84. The topological polar surface area (TPSA) is 73.6 Å². The summed E-state index contributed by atoms with van der Waals surface area (Å²) in [5.41, 5.74) is 6.61. The zero-order valence-corrected chi connectivity index (χ0v) is 13.4. The first-order valence-electron chi connectivity index (χ1n) is 6.82. The van der Waals surface area contributed by atoms with E-state index in [2.05, 4.69) is 36.9 Å². The molecule has 0 aromatic heterocycles. The summed E-state index contributed by atoms with van der Waals surface area (Å²) < 4.78 is 0. The third kappa shape index (κ3) is 4.08. The second-order valence-corrected chi connectivity index (χ2v) is 5.75. The van der Waals surface area contributed by atoms with Gasteiger partial charge in [-0.15, -0.1) is 0 Å². The van der Waals surface area contributed by atoms with E-state index in [9.17, 15) is 10.5 Å². The first-order chi connectivity index (χ1) is 9.26. The Balaban J connectivity index is 0.00000172. The molecule has 2 N–H and O–H groups in total. The molecule has 0 radical (unpaired) electrons. The number of rotatable bonds is 3. The Bertz CT molecular complexity index is 484. The van der Waals surface area contributed by atoms with Crippen molar-refractivity contribution in [3.63, 3.8) is 0 Å². The minimum atomic E-state index is -0.522. The number of nitriles is 2. The molecular formula is C17H25N3. The third-order valence-electron chi connectivity index (χ3n) is 3.40. The van der Waals surface area contributed by atoms with Crippen LogP contribution in [0.4, 0.5) is 0 Å². The van der Waals surface area contributed by atoms with Crippen LogP contribution < -0.4 is 5.73 Å². The molecule has 1 aromatic carbocycles. The van der Waals surface area contributed by atoms with Gasteiger partial charge in [-0.25, -0.2) is 0 Å². The van der Waals surface area contributed by atoms with Crippen LogP contribution in [0.3, 0.4) is 0 Å². The highest BCUT2D eigenvalue weighted by atomic mass is 14.4. The summed E-state index contributed by atoms with van der Waals surface area (Å²) in [4.78, 5) is 0. The molecule has 0 atom stereocenters. The number of hydrogen-bond donors (Lipinski definition) is 1. The van der Waals surface area contributed by atoms with E-state index in [4.69, 9.17) is 0 Å². The summed E-state index contributed by atoms with van der Waals surface area (Å²) in [6, 6.07) is 10.8. The van der Waals surface area contributed by atoms with E-state index in [0.717, 1.165) is 17.5 Å². The highest BCUT2D eigenvalue weighted by Crippen LogP contribution is 2.30. The van der Waals surface area contributed by atoms with E-state index in [0.29, 0.717) is 0 Å². The number of hydrogen-bond acceptors (Lipinski definition) is 3. The number of benzene rings is 1. The minimum absolute atomic E-state index is 0.522. The fourth-order valence-corrected chi connectivity index (χ4v) is 1.75. The summed E-state index contributed by atoms with van der Waals surface area (Å²) in [6.45, 7) is 9.72. The predicted molar refractivity (Wildman–Crippen MR) is 83.2 cm³/mol. The minimum Gasteiger partial charge on any atom is -0.333 e. The molecule has 0 fully saturated rings. The maximum Gasteiger partial charge on any atom is 0.0766 e. The third-order valence-corrected chi connectivity index (χ3v) is 3.40. The van der Waals surface area contributed by atoms with E-state index in [1.165, 1.54) is 12.6 Å². The zero-order valence-electron chi connectivity index (χ0n) is 13.4. The average molecular weight is 271 g/mol. The summed E-state index contributed by atoms with van der Waals surface area (Å²) >= 11 is 0. The Morgan fingerprint density at radius 3 is 1.50 bits per heavy atom. The maximum absolute atomic E-state index is 9.25. The van der Waals surface area contributed by atoms with Crippen LogP contribution in [-0.4, -0.2) is 7.05 Å². The lowest BCUT2D eigenvalue weighted by Gasteiger charge is -2.22. The number of aryl methyl sites for hydroxylation is 1. The SMILES string of the molecule is CCc1cc(C(C)(C)C#N)cc(C(C)(C)C#N)c1.CN. The summed E-state index contributed by atoms with van der Waals surface area (Å²) in [5, 5.41) is 18.5. The van der Waals surface area contributed by atoms with Crippen LogP contribution in [0.5, 0.6) is 0 Å². The van der Waals surface area contributed by atoms with Crippen LogP contribution in [0.1, 0.15) is 51.3 Å². The molecule has 0 bridgehead atoms. The highest BCUT2D eigenvalue weighted by Gasteiger charge is 2.25. The van der Waals surface area contributed by atoms with Gasteiger partial charge >= 0.3 is 0 Å². The fraction of sp³-hybridized carbons (Fsp3) is 0.529. The van der Waals surface area contributed by atoms with Crippen molar-refractivity contribution in [2.45, 2.75) is 51.9 Å². The molecule has 0 saturated heterocycles. The van der Waals surface area contributed by atoms with E-state index in [1.807, 2.05) is 33.8 Å². The van der Waals surface area contributed by atoms with Gasteiger partial charge in [0.25, 0.3) is 0 Å². The predicted octanol–water partition coefficient (Wildman–Crippen LogP) is 3.43. The van der Waals surface area contributed by atoms with Gasteiger partial charge in [0, 0.05) is 0 Å². The first kappa shape index (κ1) is 18.2. The molecule has 0 unspecified atom stereocenters. The van der Waals surface area contributed by atoms with Crippen molar-refractivity contribution < 1.29 is 0 Å². The van der Waals surface area contributed by atoms with E-state index in [1.54, 1.807) is 0 Å². The molecule has 0 aliphatic carbocycles.